The number of rotatable bonds is 6. The van der Waals surface area contributed by atoms with Gasteiger partial charge in [0.1, 0.15) is 0 Å². The summed E-state index contributed by atoms with van der Waals surface area (Å²) < 4.78 is 5.38. The summed E-state index contributed by atoms with van der Waals surface area (Å²) in [5.41, 5.74) is 1.11. The van der Waals surface area contributed by atoms with Gasteiger partial charge in [-0.25, -0.2) is 0 Å². The van der Waals surface area contributed by atoms with Crippen molar-refractivity contribution >= 4 is 11.8 Å². The van der Waals surface area contributed by atoms with E-state index in [0.717, 1.165) is 11.1 Å². The van der Waals surface area contributed by atoms with Gasteiger partial charge in [0.2, 0.25) is 0 Å². The number of ether oxygens (including phenoxy) is 1. The molecule has 0 bridgehead atoms. The zero-order valence-electron chi connectivity index (χ0n) is 16.8. The fraction of sp³-hybridized carbons (Fsp3) is 0.320. The second-order valence-corrected chi connectivity index (χ2v) is 7.48. The first-order chi connectivity index (χ1) is 14.0. The third-order valence-electron chi connectivity index (χ3n) is 5.65. The van der Waals surface area contributed by atoms with Gasteiger partial charge in [-0.15, -0.1) is 0 Å². The van der Waals surface area contributed by atoms with Crippen molar-refractivity contribution in [1.82, 2.24) is 0 Å². The predicted octanol–water partition coefficient (Wildman–Crippen LogP) is 5.08. The minimum absolute atomic E-state index is 0.0804. The third-order valence-corrected chi connectivity index (χ3v) is 5.65. The number of Topliss-reactive ketones (excluding diaryl/α,β-unsaturated/α-hetero) is 1. The van der Waals surface area contributed by atoms with Crippen LogP contribution in [0.15, 0.2) is 72.3 Å². The predicted molar refractivity (Wildman–Crippen MR) is 111 cm³/mol. The standard InChI is InChI=1S/C25H25NO3/c1-3-29-24(28)25(17-26)21(16-23(27)20-12-8-5-9-13-20)14-18(2)15-22(25)19-10-6-4-7-11-19/h4-14,21-22H,3,15-16H2,1-2H3/t21-,22-,25+/m1/s1. The molecular weight excluding hydrogens is 362 g/mol. The molecule has 0 spiro atoms. The molecule has 0 amide bonds. The van der Waals surface area contributed by atoms with Crippen molar-refractivity contribution in [2.24, 2.45) is 11.3 Å². The van der Waals surface area contributed by atoms with Crippen molar-refractivity contribution in [2.45, 2.75) is 32.6 Å². The summed E-state index contributed by atoms with van der Waals surface area (Å²) in [7, 11) is 0. The minimum atomic E-state index is -1.44. The topological polar surface area (TPSA) is 67.2 Å². The summed E-state index contributed by atoms with van der Waals surface area (Å²) in [5, 5.41) is 10.3. The molecule has 0 aliphatic heterocycles. The maximum atomic E-state index is 13.2. The molecule has 2 aromatic carbocycles. The van der Waals surface area contributed by atoms with Crippen LogP contribution < -0.4 is 0 Å². The molecule has 1 aliphatic rings. The Balaban J connectivity index is 2.08. The summed E-state index contributed by atoms with van der Waals surface area (Å²) in [6.45, 7) is 3.91. The van der Waals surface area contributed by atoms with Crippen LogP contribution in [0.25, 0.3) is 0 Å². The Morgan fingerprint density at radius 2 is 1.72 bits per heavy atom. The molecule has 2 aromatic rings. The van der Waals surface area contributed by atoms with Crippen LogP contribution in [-0.4, -0.2) is 18.4 Å². The molecule has 0 N–H and O–H groups in total. The fourth-order valence-corrected chi connectivity index (χ4v) is 4.26. The number of esters is 1. The van der Waals surface area contributed by atoms with Gasteiger partial charge in [-0.1, -0.05) is 72.3 Å². The zero-order chi connectivity index (χ0) is 20.9. The smallest absolute Gasteiger partial charge is 0.327 e. The second-order valence-electron chi connectivity index (χ2n) is 7.48. The van der Waals surface area contributed by atoms with E-state index in [1.54, 1.807) is 19.1 Å². The zero-order valence-corrected chi connectivity index (χ0v) is 16.8. The summed E-state index contributed by atoms with van der Waals surface area (Å²) in [6, 6.07) is 20.9. The molecule has 0 aromatic heterocycles. The molecule has 29 heavy (non-hydrogen) atoms. The Hall–Kier alpha value is -3.19. The Labute approximate surface area is 171 Å². The van der Waals surface area contributed by atoms with Crippen molar-refractivity contribution in [1.29, 1.82) is 5.26 Å². The minimum Gasteiger partial charge on any atom is -0.465 e. The van der Waals surface area contributed by atoms with Crippen molar-refractivity contribution in [3.05, 3.63) is 83.4 Å². The molecule has 0 radical (unpaired) electrons. The highest BCUT2D eigenvalue weighted by molar-refractivity contribution is 5.97. The van der Waals surface area contributed by atoms with Crippen molar-refractivity contribution in [2.75, 3.05) is 6.61 Å². The normalized spacial score (nSPS) is 23.6. The second kappa shape index (κ2) is 8.87. The Morgan fingerprint density at radius 1 is 1.10 bits per heavy atom. The van der Waals surface area contributed by atoms with Gasteiger partial charge in [-0.05, 0) is 25.8 Å². The molecule has 0 fully saturated rings. The third kappa shape index (κ3) is 4.00. The SMILES string of the molecule is CCOC(=O)[C@@]1(C#N)[C@@H](CC(=O)c2ccccc2)C=C(C)C[C@@H]1c1ccccc1. The largest absolute Gasteiger partial charge is 0.465 e. The summed E-state index contributed by atoms with van der Waals surface area (Å²) >= 11 is 0. The van der Waals surface area contributed by atoms with Crippen LogP contribution >= 0.6 is 0 Å². The van der Waals surface area contributed by atoms with E-state index in [0.29, 0.717) is 12.0 Å². The molecule has 4 nitrogen and oxygen atoms in total. The summed E-state index contributed by atoms with van der Waals surface area (Å²) in [6.07, 6.45) is 2.57. The quantitative estimate of drug-likeness (QED) is 0.394. The van der Waals surface area contributed by atoms with E-state index in [4.69, 9.17) is 4.74 Å². The Morgan fingerprint density at radius 3 is 2.31 bits per heavy atom. The van der Waals surface area contributed by atoms with Gasteiger partial charge in [-0.2, -0.15) is 5.26 Å². The van der Waals surface area contributed by atoms with E-state index >= 15 is 0 Å². The number of hydrogen-bond donors (Lipinski definition) is 0. The number of nitrogens with zero attached hydrogens (tertiary/aromatic N) is 1. The van der Waals surface area contributed by atoms with Crippen LogP contribution in [0, 0.1) is 22.7 Å². The average molecular weight is 387 g/mol. The maximum absolute atomic E-state index is 13.2. The molecule has 1 aliphatic carbocycles. The molecule has 3 rings (SSSR count). The Bertz CT molecular complexity index is 943. The molecule has 0 heterocycles. The molecule has 0 unspecified atom stereocenters. The van der Waals surface area contributed by atoms with E-state index in [1.807, 2.05) is 61.5 Å². The molecule has 3 atom stereocenters. The van der Waals surface area contributed by atoms with Crippen LogP contribution in [0.1, 0.15) is 48.5 Å². The van der Waals surface area contributed by atoms with E-state index in [2.05, 4.69) is 6.07 Å². The monoisotopic (exact) mass is 387 g/mol. The molecule has 0 saturated heterocycles. The number of ketones is 1. The Kier molecular flexibility index (Phi) is 6.29. The van der Waals surface area contributed by atoms with Crippen molar-refractivity contribution in [3.63, 3.8) is 0 Å². The van der Waals surface area contributed by atoms with E-state index in [-0.39, 0.29) is 24.7 Å². The van der Waals surface area contributed by atoms with Crippen molar-refractivity contribution in [3.8, 4) is 6.07 Å². The van der Waals surface area contributed by atoms with Gasteiger partial charge >= 0.3 is 5.97 Å². The molecule has 4 heteroatoms. The lowest BCUT2D eigenvalue weighted by molar-refractivity contribution is -0.155. The number of nitriles is 1. The maximum Gasteiger partial charge on any atom is 0.327 e. The van der Waals surface area contributed by atoms with Gasteiger partial charge in [0, 0.05) is 23.8 Å². The first kappa shape index (κ1) is 20.5. The van der Waals surface area contributed by atoms with E-state index < -0.39 is 17.3 Å². The van der Waals surface area contributed by atoms with Crippen LogP contribution in [0.3, 0.4) is 0 Å². The number of carbonyl (C=O) groups is 2. The van der Waals surface area contributed by atoms with Crippen molar-refractivity contribution < 1.29 is 14.3 Å². The van der Waals surface area contributed by atoms with Gasteiger partial charge in [0.25, 0.3) is 0 Å². The highest BCUT2D eigenvalue weighted by Gasteiger charge is 2.55. The summed E-state index contributed by atoms with van der Waals surface area (Å²) in [4.78, 5) is 26.1. The van der Waals surface area contributed by atoms with Crippen LogP contribution in [0.4, 0.5) is 0 Å². The molecule has 0 saturated carbocycles. The highest BCUT2D eigenvalue weighted by Crippen LogP contribution is 2.52. The number of allylic oxidation sites excluding steroid dienone is 2. The number of benzene rings is 2. The summed E-state index contributed by atoms with van der Waals surface area (Å²) in [5.74, 6) is -1.56. The van der Waals surface area contributed by atoms with Crippen LogP contribution in [0.5, 0.6) is 0 Å². The molecule has 148 valence electrons. The average Bonchev–Trinajstić information content (AvgIpc) is 2.75. The number of hydrogen-bond acceptors (Lipinski definition) is 4. The first-order valence-electron chi connectivity index (χ1n) is 9.91. The lowest BCUT2D eigenvalue weighted by atomic mass is 9.58. The lowest BCUT2D eigenvalue weighted by Gasteiger charge is -2.41. The van der Waals surface area contributed by atoms with E-state index in [1.165, 1.54) is 0 Å². The van der Waals surface area contributed by atoms with Crippen LogP contribution in [0.2, 0.25) is 0 Å². The van der Waals surface area contributed by atoms with Gasteiger partial charge in [0.05, 0.1) is 12.7 Å². The van der Waals surface area contributed by atoms with Gasteiger partial charge in [0.15, 0.2) is 11.2 Å². The van der Waals surface area contributed by atoms with Gasteiger partial charge < -0.3 is 4.74 Å². The molecular formula is C25H25NO3. The van der Waals surface area contributed by atoms with E-state index in [9.17, 15) is 14.9 Å². The number of carbonyl (C=O) groups excluding carboxylic acids is 2. The first-order valence-corrected chi connectivity index (χ1v) is 9.91. The van der Waals surface area contributed by atoms with Gasteiger partial charge in [-0.3, -0.25) is 9.59 Å². The lowest BCUT2D eigenvalue weighted by Crippen LogP contribution is -2.46. The highest BCUT2D eigenvalue weighted by atomic mass is 16.5. The van der Waals surface area contributed by atoms with Crippen LogP contribution in [-0.2, 0) is 9.53 Å². The fourth-order valence-electron chi connectivity index (χ4n) is 4.26.